The van der Waals surface area contributed by atoms with Gasteiger partial charge in [-0.15, -0.1) is 0 Å². The number of Topliss-reactive ketones (excluding diaryl/α,β-unsaturated/α-hetero) is 1. The number of hydrogen-bond donors (Lipinski definition) is 0. The standard InChI is InChI=1S/C11H9ClO3/c12-9-4-2-1-3-7(9)10(13)8-5-6-15-11(8)14/h1-4,8H,5-6H2. The van der Waals surface area contributed by atoms with Crippen LogP contribution in [-0.4, -0.2) is 18.4 Å². The van der Waals surface area contributed by atoms with Crippen LogP contribution in [0.1, 0.15) is 16.8 Å². The molecule has 0 bridgehead atoms. The van der Waals surface area contributed by atoms with Gasteiger partial charge in [-0.05, 0) is 12.1 Å². The summed E-state index contributed by atoms with van der Waals surface area (Å²) in [4.78, 5) is 23.1. The van der Waals surface area contributed by atoms with Crippen molar-refractivity contribution < 1.29 is 14.3 Å². The first kappa shape index (κ1) is 10.2. The summed E-state index contributed by atoms with van der Waals surface area (Å²) in [5, 5.41) is 0.377. The molecule has 1 unspecified atom stereocenters. The van der Waals surface area contributed by atoms with Crippen molar-refractivity contribution in [1.29, 1.82) is 0 Å². The van der Waals surface area contributed by atoms with E-state index in [-0.39, 0.29) is 5.78 Å². The maximum Gasteiger partial charge on any atom is 0.316 e. The number of esters is 1. The van der Waals surface area contributed by atoms with Gasteiger partial charge in [0, 0.05) is 12.0 Å². The van der Waals surface area contributed by atoms with E-state index < -0.39 is 11.9 Å². The van der Waals surface area contributed by atoms with Crippen molar-refractivity contribution in [2.75, 3.05) is 6.61 Å². The fraction of sp³-hybridized carbons (Fsp3) is 0.273. The van der Waals surface area contributed by atoms with Crippen LogP contribution in [0.4, 0.5) is 0 Å². The number of cyclic esters (lactones) is 1. The Kier molecular flexibility index (Phi) is 2.73. The average molecular weight is 225 g/mol. The molecule has 1 heterocycles. The van der Waals surface area contributed by atoms with E-state index >= 15 is 0 Å². The van der Waals surface area contributed by atoms with Crippen LogP contribution in [-0.2, 0) is 9.53 Å². The van der Waals surface area contributed by atoms with E-state index in [0.29, 0.717) is 23.6 Å². The van der Waals surface area contributed by atoms with E-state index in [1.807, 2.05) is 0 Å². The molecule has 1 atom stereocenters. The molecule has 4 heteroatoms. The Morgan fingerprint density at radius 3 is 2.73 bits per heavy atom. The molecule has 1 aliphatic rings. The Bertz CT molecular complexity index is 414. The summed E-state index contributed by atoms with van der Waals surface area (Å²) in [6.45, 7) is 0.319. The molecule has 0 N–H and O–H groups in total. The minimum atomic E-state index is -0.676. The molecule has 0 saturated carbocycles. The number of hydrogen-bond acceptors (Lipinski definition) is 3. The van der Waals surface area contributed by atoms with E-state index in [0.717, 1.165) is 0 Å². The third-order valence-corrected chi connectivity index (χ3v) is 2.72. The molecule has 0 radical (unpaired) electrons. The van der Waals surface area contributed by atoms with Crippen molar-refractivity contribution in [3.63, 3.8) is 0 Å². The van der Waals surface area contributed by atoms with Crippen LogP contribution in [0, 0.1) is 5.92 Å². The first-order valence-electron chi connectivity index (χ1n) is 4.65. The van der Waals surface area contributed by atoms with Gasteiger partial charge in [0.05, 0.1) is 11.6 Å². The van der Waals surface area contributed by atoms with Crippen molar-refractivity contribution in [1.82, 2.24) is 0 Å². The molecule has 2 rings (SSSR count). The molecule has 0 spiro atoms. The number of halogens is 1. The highest BCUT2D eigenvalue weighted by molar-refractivity contribution is 6.34. The fourth-order valence-corrected chi connectivity index (χ4v) is 1.81. The second-order valence-electron chi connectivity index (χ2n) is 3.35. The zero-order valence-corrected chi connectivity index (χ0v) is 8.66. The van der Waals surface area contributed by atoms with Crippen LogP contribution in [0.2, 0.25) is 5.02 Å². The van der Waals surface area contributed by atoms with Crippen LogP contribution in [0.15, 0.2) is 24.3 Å². The Balaban J connectivity index is 2.28. The summed E-state index contributed by atoms with van der Waals surface area (Å²) in [5.74, 6) is -1.37. The zero-order chi connectivity index (χ0) is 10.8. The van der Waals surface area contributed by atoms with Crippen LogP contribution in [0.3, 0.4) is 0 Å². The number of ketones is 1. The van der Waals surface area contributed by atoms with Gasteiger partial charge in [0.25, 0.3) is 0 Å². The molecule has 3 nitrogen and oxygen atoms in total. The van der Waals surface area contributed by atoms with E-state index in [1.54, 1.807) is 24.3 Å². The summed E-state index contributed by atoms with van der Waals surface area (Å²) in [6.07, 6.45) is 0.447. The van der Waals surface area contributed by atoms with E-state index in [1.165, 1.54) is 0 Å². The normalized spacial score (nSPS) is 20.1. The molecular weight excluding hydrogens is 216 g/mol. The largest absolute Gasteiger partial charge is 0.465 e. The molecule has 0 aliphatic carbocycles. The van der Waals surface area contributed by atoms with Gasteiger partial charge in [-0.25, -0.2) is 0 Å². The monoisotopic (exact) mass is 224 g/mol. The average Bonchev–Trinajstić information content (AvgIpc) is 2.64. The molecule has 1 aromatic rings. The Hall–Kier alpha value is -1.35. The van der Waals surface area contributed by atoms with Gasteiger partial charge in [0.2, 0.25) is 0 Å². The fourth-order valence-electron chi connectivity index (χ4n) is 1.58. The SMILES string of the molecule is O=C1OCCC1C(=O)c1ccccc1Cl. The Morgan fingerprint density at radius 2 is 2.13 bits per heavy atom. The number of rotatable bonds is 2. The second-order valence-corrected chi connectivity index (χ2v) is 3.76. The zero-order valence-electron chi connectivity index (χ0n) is 7.90. The van der Waals surface area contributed by atoms with Gasteiger partial charge in [-0.1, -0.05) is 23.7 Å². The number of carbonyl (C=O) groups excluding carboxylic acids is 2. The third kappa shape index (κ3) is 1.88. The minimum Gasteiger partial charge on any atom is -0.465 e. The Labute approximate surface area is 92.0 Å². The lowest BCUT2D eigenvalue weighted by atomic mass is 9.96. The molecule has 15 heavy (non-hydrogen) atoms. The van der Waals surface area contributed by atoms with Gasteiger partial charge in [-0.2, -0.15) is 0 Å². The van der Waals surface area contributed by atoms with Gasteiger partial charge in [-0.3, -0.25) is 9.59 Å². The predicted octanol–water partition coefficient (Wildman–Crippen LogP) is 2.09. The van der Waals surface area contributed by atoms with Gasteiger partial charge < -0.3 is 4.74 Å². The Morgan fingerprint density at radius 1 is 1.40 bits per heavy atom. The highest BCUT2D eigenvalue weighted by atomic mass is 35.5. The van der Waals surface area contributed by atoms with E-state index in [9.17, 15) is 9.59 Å². The van der Waals surface area contributed by atoms with Crippen molar-refractivity contribution in [3.8, 4) is 0 Å². The summed E-state index contributed by atoms with van der Waals surface area (Å²) in [7, 11) is 0. The van der Waals surface area contributed by atoms with E-state index in [4.69, 9.17) is 16.3 Å². The van der Waals surface area contributed by atoms with Gasteiger partial charge in [0.15, 0.2) is 5.78 Å². The number of ether oxygens (including phenoxy) is 1. The van der Waals surface area contributed by atoms with Crippen molar-refractivity contribution >= 4 is 23.4 Å². The molecular formula is C11H9ClO3. The molecule has 1 aliphatic heterocycles. The van der Waals surface area contributed by atoms with Crippen LogP contribution in [0.25, 0.3) is 0 Å². The molecule has 1 aromatic carbocycles. The summed E-state index contributed by atoms with van der Waals surface area (Å²) in [5.41, 5.74) is 0.392. The van der Waals surface area contributed by atoms with Gasteiger partial charge in [0.1, 0.15) is 5.92 Å². The summed E-state index contributed by atoms with van der Waals surface area (Å²) in [6, 6.07) is 6.72. The molecule has 1 fully saturated rings. The van der Waals surface area contributed by atoms with E-state index in [2.05, 4.69) is 0 Å². The van der Waals surface area contributed by atoms with Gasteiger partial charge >= 0.3 is 5.97 Å². The van der Waals surface area contributed by atoms with Crippen molar-refractivity contribution in [2.24, 2.45) is 5.92 Å². The lowest BCUT2D eigenvalue weighted by Crippen LogP contribution is -2.19. The smallest absolute Gasteiger partial charge is 0.316 e. The maximum atomic E-state index is 11.9. The number of carbonyl (C=O) groups is 2. The number of benzene rings is 1. The summed E-state index contributed by atoms with van der Waals surface area (Å²) >= 11 is 5.87. The quantitative estimate of drug-likeness (QED) is 0.439. The highest BCUT2D eigenvalue weighted by Gasteiger charge is 2.34. The van der Waals surface area contributed by atoms with Crippen LogP contribution < -0.4 is 0 Å². The lowest BCUT2D eigenvalue weighted by Gasteiger charge is -2.05. The first-order chi connectivity index (χ1) is 7.20. The maximum absolute atomic E-state index is 11.9. The van der Waals surface area contributed by atoms with Crippen LogP contribution in [0.5, 0.6) is 0 Å². The lowest BCUT2D eigenvalue weighted by molar-refractivity contribution is -0.140. The third-order valence-electron chi connectivity index (χ3n) is 2.39. The van der Waals surface area contributed by atoms with Crippen LogP contribution >= 0.6 is 11.6 Å². The van der Waals surface area contributed by atoms with Crippen molar-refractivity contribution in [2.45, 2.75) is 6.42 Å². The highest BCUT2D eigenvalue weighted by Crippen LogP contribution is 2.24. The predicted molar refractivity (Wildman–Crippen MR) is 54.8 cm³/mol. The molecule has 78 valence electrons. The summed E-state index contributed by atoms with van der Waals surface area (Å²) < 4.78 is 4.75. The molecule has 0 amide bonds. The molecule has 1 saturated heterocycles. The molecule has 0 aromatic heterocycles. The van der Waals surface area contributed by atoms with Crippen molar-refractivity contribution in [3.05, 3.63) is 34.9 Å². The minimum absolute atomic E-state index is 0.247. The first-order valence-corrected chi connectivity index (χ1v) is 5.03. The second kappa shape index (κ2) is 4.03. The topological polar surface area (TPSA) is 43.4 Å².